The van der Waals surface area contributed by atoms with Gasteiger partial charge in [0.15, 0.2) is 0 Å². The number of carbonyl (C=O) groups is 2. The number of hydrogen-bond acceptors (Lipinski definition) is 2. The maximum Gasteiger partial charge on any atom is 0.326 e. The molecular formula is C12H13Cl2NO3. The number of carboxylic acids is 1. The molecule has 0 saturated heterocycles. The van der Waals surface area contributed by atoms with Gasteiger partial charge in [-0.2, -0.15) is 0 Å². The third-order valence-corrected chi connectivity index (χ3v) is 2.75. The normalized spacial score (nSPS) is 11.9. The number of hydrogen-bond donors (Lipinski definition) is 2. The van der Waals surface area contributed by atoms with Crippen LogP contribution in [0.25, 0.3) is 0 Å². The Kier molecular flexibility index (Phi) is 5.44. The van der Waals surface area contributed by atoms with Crippen molar-refractivity contribution in [2.24, 2.45) is 0 Å². The number of carbonyl (C=O) groups excluding carboxylic acids is 1. The minimum Gasteiger partial charge on any atom is -0.480 e. The SMILES string of the molecule is CCC(=O)NC(Cc1cc(Cl)cc(Cl)c1)C(=O)O. The van der Waals surface area contributed by atoms with Crippen LogP contribution in [0.3, 0.4) is 0 Å². The fraction of sp³-hybridized carbons (Fsp3) is 0.333. The molecule has 0 bridgehead atoms. The van der Waals surface area contributed by atoms with Crippen LogP contribution in [0.2, 0.25) is 10.0 Å². The molecule has 1 aromatic rings. The first-order chi connectivity index (χ1) is 8.42. The van der Waals surface area contributed by atoms with Crippen LogP contribution in [0.1, 0.15) is 18.9 Å². The second-order valence-corrected chi connectivity index (χ2v) is 4.67. The number of carboxylic acid groups (broad SMARTS) is 1. The highest BCUT2D eigenvalue weighted by atomic mass is 35.5. The molecule has 6 heteroatoms. The van der Waals surface area contributed by atoms with E-state index in [1.807, 2.05) is 0 Å². The van der Waals surface area contributed by atoms with Crippen LogP contribution in [0.5, 0.6) is 0 Å². The third-order valence-electron chi connectivity index (χ3n) is 2.32. The molecule has 0 fully saturated rings. The van der Waals surface area contributed by atoms with Crippen molar-refractivity contribution >= 4 is 35.1 Å². The molecule has 0 radical (unpaired) electrons. The van der Waals surface area contributed by atoms with Gasteiger partial charge in [0.05, 0.1) is 0 Å². The summed E-state index contributed by atoms with van der Waals surface area (Å²) in [6, 6.07) is 3.84. The van der Waals surface area contributed by atoms with E-state index in [1.165, 1.54) is 0 Å². The maximum atomic E-state index is 11.2. The van der Waals surface area contributed by atoms with E-state index in [0.29, 0.717) is 15.6 Å². The average molecular weight is 290 g/mol. The van der Waals surface area contributed by atoms with Crippen LogP contribution >= 0.6 is 23.2 Å². The number of aliphatic carboxylic acids is 1. The molecule has 1 atom stereocenters. The molecule has 0 saturated carbocycles. The van der Waals surface area contributed by atoms with Crippen LogP contribution in [0.15, 0.2) is 18.2 Å². The average Bonchev–Trinajstić information content (AvgIpc) is 2.26. The van der Waals surface area contributed by atoms with Crippen molar-refractivity contribution in [2.75, 3.05) is 0 Å². The lowest BCUT2D eigenvalue weighted by molar-refractivity contribution is -0.141. The molecule has 0 aliphatic heterocycles. The summed E-state index contributed by atoms with van der Waals surface area (Å²) in [4.78, 5) is 22.3. The van der Waals surface area contributed by atoms with Crippen LogP contribution in [-0.2, 0) is 16.0 Å². The van der Waals surface area contributed by atoms with Gasteiger partial charge in [0.25, 0.3) is 0 Å². The molecule has 4 nitrogen and oxygen atoms in total. The van der Waals surface area contributed by atoms with Crippen molar-refractivity contribution in [1.82, 2.24) is 5.32 Å². The summed E-state index contributed by atoms with van der Waals surface area (Å²) < 4.78 is 0. The lowest BCUT2D eigenvalue weighted by atomic mass is 10.1. The van der Waals surface area contributed by atoms with Gasteiger partial charge in [0, 0.05) is 22.9 Å². The number of nitrogens with one attached hydrogen (secondary N) is 1. The summed E-state index contributed by atoms with van der Waals surface area (Å²) in [6.45, 7) is 1.66. The quantitative estimate of drug-likeness (QED) is 0.875. The predicted octanol–water partition coefficient (Wildman–Crippen LogP) is 2.52. The van der Waals surface area contributed by atoms with Crippen molar-refractivity contribution < 1.29 is 14.7 Å². The second kappa shape index (κ2) is 6.61. The number of halogens is 2. The Morgan fingerprint density at radius 1 is 1.28 bits per heavy atom. The van der Waals surface area contributed by atoms with Gasteiger partial charge in [-0.25, -0.2) is 4.79 Å². The van der Waals surface area contributed by atoms with Gasteiger partial charge in [-0.15, -0.1) is 0 Å². The van der Waals surface area contributed by atoms with Gasteiger partial charge in [0.1, 0.15) is 6.04 Å². The zero-order valence-corrected chi connectivity index (χ0v) is 11.3. The maximum absolute atomic E-state index is 11.2. The van der Waals surface area contributed by atoms with E-state index in [9.17, 15) is 9.59 Å². The molecule has 1 unspecified atom stereocenters. The topological polar surface area (TPSA) is 66.4 Å². The summed E-state index contributed by atoms with van der Waals surface area (Å²) in [5.74, 6) is -1.40. The highest BCUT2D eigenvalue weighted by molar-refractivity contribution is 6.34. The number of benzene rings is 1. The van der Waals surface area contributed by atoms with Crippen LogP contribution in [-0.4, -0.2) is 23.0 Å². The Balaban J connectivity index is 2.83. The highest BCUT2D eigenvalue weighted by Gasteiger charge is 2.19. The van der Waals surface area contributed by atoms with Crippen LogP contribution in [0.4, 0.5) is 0 Å². The molecule has 2 N–H and O–H groups in total. The molecule has 18 heavy (non-hydrogen) atoms. The van der Waals surface area contributed by atoms with Gasteiger partial charge >= 0.3 is 5.97 Å². The zero-order valence-electron chi connectivity index (χ0n) is 9.74. The van der Waals surface area contributed by atoms with Crippen LogP contribution < -0.4 is 5.32 Å². The lowest BCUT2D eigenvalue weighted by Crippen LogP contribution is -2.42. The molecule has 1 rings (SSSR count). The van der Waals surface area contributed by atoms with Crippen molar-refractivity contribution in [3.8, 4) is 0 Å². The third kappa shape index (κ3) is 4.55. The zero-order chi connectivity index (χ0) is 13.7. The van der Waals surface area contributed by atoms with Gasteiger partial charge < -0.3 is 10.4 Å². The molecule has 1 amide bonds. The van der Waals surface area contributed by atoms with E-state index >= 15 is 0 Å². The Morgan fingerprint density at radius 2 is 1.83 bits per heavy atom. The van der Waals surface area contributed by atoms with E-state index in [-0.39, 0.29) is 18.7 Å². The van der Waals surface area contributed by atoms with Crippen LogP contribution in [0, 0.1) is 0 Å². The second-order valence-electron chi connectivity index (χ2n) is 3.79. The Labute approximate surface area is 115 Å². The smallest absolute Gasteiger partial charge is 0.326 e. The largest absolute Gasteiger partial charge is 0.480 e. The molecule has 0 spiro atoms. The minimum absolute atomic E-state index is 0.140. The van der Waals surface area contributed by atoms with Gasteiger partial charge in [-0.3, -0.25) is 4.79 Å². The van der Waals surface area contributed by atoms with Crippen molar-refractivity contribution in [1.29, 1.82) is 0 Å². The minimum atomic E-state index is -1.09. The lowest BCUT2D eigenvalue weighted by Gasteiger charge is -2.14. The molecule has 0 aromatic heterocycles. The predicted molar refractivity (Wildman–Crippen MR) is 70.0 cm³/mol. The highest BCUT2D eigenvalue weighted by Crippen LogP contribution is 2.20. The summed E-state index contributed by atoms with van der Waals surface area (Å²) in [6.07, 6.45) is 0.376. The summed E-state index contributed by atoms with van der Waals surface area (Å²) in [5.41, 5.74) is 0.663. The van der Waals surface area contributed by atoms with Gasteiger partial charge in [-0.1, -0.05) is 30.1 Å². The summed E-state index contributed by atoms with van der Waals surface area (Å²) in [5, 5.41) is 12.3. The van der Waals surface area contributed by atoms with E-state index < -0.39 is 12.0 Å². The Hall–Kier alpha value is -1.26. The monoisotopic (exact) mass is 289 g/mol. The number of rotatable bonds is 5. The standard InChI is InChI=1S/C12H13Cl2NO3/c1-2-11(16)15-10(12(17)18)5-7-3-8(13)6-9(14)4-7/h3-4,6,10H,2,5H2,1H3,(H,15,16)(H,17,18). The van der Waals surface area contributed by atoms with E-state index in [2.05, 4.69) is 5.32 Å². The van der Waals surface area contributed by atoms with Gasteiger partial charge in [0.2, 0.25) is 5.91 Å². The first-order valence-corrected chi connectivity index (χ1v) is 6.15. The molecule has 0 heterocycles. The van der Waals surface area contributed by atoms with Crippen molar-refractivity contribution in [3.63, 3.8) is 0 Å². The van der Waals surface area contributed by atoms with Crippen molar-refractivity contribution in [3.05, 3.63) is 33.8 Å². The fourth-order valence-electron chi connectivity index (χ4n) is 1.46. The van der Waals surface area contributed by atoms with E-state index in [0.717, 1.165) is 0 Å². The fourth-order valence-corrected chi connectivity index (χ4v) is 2.03. The number of amides is 1. The summed E-state index contributed by atoms with van der Waals surface area (Å²) in [7, 11) is 0. The van der Waals surface area contributed by atoms with Crippen molar-refractivity contribution in [2.45, 2.75) is 25.8 Å². The molecule has 0 aliphatic carbocycles. The molecule has 0 aliphatic rings. The summed E-state index contributed by atoms with van der Waals surface area (Å²) >= 11 is 11.7. The Morgan fingerprint density at radius 3 is 2.28 bits per heavy atom. The van der Waals surface area contributed by atoms with E-state index in [4.69, 9.17) is 28.3 Å². The molecular weight excluding hydrogens is 277 g/mol. The first kappa shape index (κ1) is 14.8. The first-order valence-electron chi connectivity index (χ1n) is 5.39. The van der Waals surface area contributed by atoms with E-state index in [1.54, 1.807) is 25.1 Å². The molecule has 98 valence electrons. The molecule has 1 aromatic carbocycles. The van der Waals surface area contributed by atoms with Gasteiger partial charge in [-0.05, 0) is 23.8 Å². The Bertz CT molecular complexity index is 442.